The molecule has 2 rings (SSSR count). The fraction of sp³-hybridized carbons (Fsp3) is 0.167. The summed E-state index contributed by atoms with van der Waals surface area (Å²) in [4.78, 5) is 10.9. The van der Waals surface area contributed by atoms with E-state index >= 15 is 0 Å². The average molecular weight is 282 g/mol. The van der Waals surface area contributed by atoms with E-state index in [9.17, 15) is 4.79 Å². The molecule has 2 aromatic rings. The number of carboxylic acids is 1. The van der Waals surface area contributed by atoms with Gasteiger partial charge in [-0.05, 0) is 24.6 Å². The molecule has 0 saturated heterocycles. The van der Waals surface area contributed by atoms with Gasteiger partial charge >= 0.3 is 5.97 Å². The van der Waals surface area contributed by atoms with Gasteiger partial charge in [0, 0.05) is 12.0 Å². The summed E-state index contributed by atoms with van der Waals surface area (Å²) in [7, 11) is 0. The zero-order chi connectivity index (χ0) is 15.1. The molecule has 0 aliphatic heterocycles. The van der Waals surface area contributed by atoms with Crippen LogP contribution in [0, 0.1) is 0 Å². The number of carboxylic acid groups (broad SMARTS) is 1. The summed E-state index contributed by atoms with van der Waals surface area (Å²) in [6.07, 6.45) is 2.00. The number of aliphatic carboxylic acids is 1. The SMILES string of the molecule is C/C(=C\CC(Oc1ccccc1)c1ccccc1)C(=O)O. The predicted octanol–water partition coefficient (Wildman–Crippen LogP) is 4.23. The lowest BCUT2D eigenvalue weighted by molar-refractivity contribution is -0.132. The molecule has 0 bridgehead atoms. The monoisotopic (exact) mass is 282 g/mol. The normalized spacial score (nSPS) is 12.7. The molecule has 0 saturated carbocycles. The summed E-state index contributed by atoms with van der Waals surface area (Å²) in [5.41, 5.74) is 1.35. The van der Waals surface area contributed by atoms with Crippen LogP contribution in [0.4, 0.5) is 0 Å². The minimum atomic E-state index is -0.901. The Labute approximate surface area is 124 Å². The van der Waals surface area contributed by atoms with Gasteiger partial charge in [0.25, 0.3) is 0 Å². The van der Waals surface area contributed by atoms with E-state index in [0.717, 1.165) is 11.3 Å². The molecule has 0 fully saturated rings. The highest BCUT2D eigenvalue weighted by atomic mass is 16.5. The summed E-state index contributed by atoms with van der Waals surface area (Å²) < 4.78 is 5.99. The Morgan fingerprint density at radius 3 is 2.24 bits per heavy atom. The van der Waals surface area contributed by atoms with Crippen molar-refractivity contribution in [2.45, 2.75) is 19.4 Å². The van der Waals surface area contributed by atoms with Crippen LogP contribution >= 0.6 is 0 Å². The third-order valence-corrected chi connectivity index (χ3v) is 3.17. The van der Waals surface area contributed by atoms with Crippen molar-refractivity contribution < 1.29 is 14.6 Å². The maximum Gasteiger partial charge on any atom is 0.330 e. The minimum Gasteiger partial charge on any atom is -0.485 e. The molecule has 108 valence electrons. The van der Waals surface area contributed by atoms with Gasteiger partial charge in [-0.15, -0.1) is 0 Å². The third kappa shape index (κ3) is 4.49. The van der Waals surface area contributed by atoms with Crippen molar-refractivity contribution in [1.29, 1.82) is 0 Å². The van der Waals surface area contributed by atoms with Crippen LogP contribution < -0.4 is 4.74 Å². The Morgan fingerprint density at radius 1 is 1.10 bits per heavy atom. The smallest absolute Gasteiger partial charge is 0.330 e. The molecule has 0 aliphatic carbocycles. The molecule has 1 atom stereocenters. The van der Waals surface area contributed by atoms with Crippen LogP contribution in [0.1, 0.15) is 25.0 Å². The van der Waals surface area contributed by atoms with Crippen LogP contribution in [0.25, 0.3) is 0 Å². The number of ether oxygens (including phenoxy) is 1. The molecule has 3 nitrogen and oxygen atoms in total. The molecular formula is C18H18O3. The Hall–Kier alpha value is -2.55. The second-order valence-corrected chi connectivity index (χ2v) is 4.76. The number of para-hydroxylation sites is 1. The Balaban J connectivity index is 2.19. The Bertz CT molecular complexity index is 603. The van der Waals surface area contributed by atoms with Crippen molar-refractivity contribution >= 4 is 5.97 Å². The van der Waals surface area contributed by atoms with Crippen molar-refractivity contribution in [2.75, 3.05) is 0 Å². The second-order valence-electron chi connectivity index (χ2n) is 4.76. The van der Waals surface area contributed by atoms with Crippen molar-refractivity contribution in [3.8, 4) is 5.75 Å². The highest BCUT2D eigenvalue weighted by Gasteiger charge is 2.12. The molecule has 0 aromatic heterocycles. The lowest BCUT2D eigenvalue weighted by atomic mass is 10.0. The third-order valence-electron chi connectivity index (χ3n) is 3.17. The van der Waals surface area contributed by atoms with E-state index in [1.165, 1.54) is 0 Å². The Kier molecular flexibility index (Phi) is 5.16. The first kappa shape index (κ1) is 14.9. The van der Waals surface area contributed by atoms with Gasteiger partial charge < -0.3 is 9.84 Å². The number of hydrogen-bond donors (Lipinski definition) is 1. The number of carbonyl (C=O) groups is 1. The topological polar surface area (TPSA) is 46.5 Å². The molecule has 0 aliphatic rings. The van der Waals surface area contributed by atoms with Gasteiger partial charge in [-0.1, -0.05) is 54.6 Å². The maximum atomic E-state index is 10.9. The number of benzene rings is 2. The van der Waals surface area contributed by atoms with E-state index in [1.807, 2.05) is 60.7 Å². The summed E-state index contributed by atoms with van der Waals surface area (Å²) in [5, 5.41) is 8.95. The molecular weight excluding hydrogens is 264 g/mol. The standard InChI is InChI=1S/C18H18O3/c1-14(18(19)20)12-13-17(15-8-4-2-5-9-15)21-16-10-6-3-7-11-16/h2-12,17H,13H2,1H3,(H,19,20)/b14-12+. The van der Waals surface area contributed by atoms with Crippen LogP contribution in [0.5, 0.6) is 5.75 Å². The van der Waals surface area contributed by atoms with Crippen molar-refractivity contribution in [3.63, 3.8) is 0 Å². The molecule has 0 heterocycles. The Morgan fingerprint density at radius 2 is 1.67 bits per heavy atom. The lowest BCUT2D eigenvalue weighted by Crippen LogP contribution is -2.07. The van der Waals surface area contributed by atoms with E-state index in [0.29, 0.717) is 12.0 Å². The predicted molar refractivity (Wildman–Crippen MR) is 82.3 cm³/mol. The van der Waals surface area contributed by atoms with Crippen molar-refractivity contribution in [3.05, 3.63) is 77.9 Å². The molecule has 0 radical (unpaired) electrons. The minimum absolute atomic E-state index is 0.206. The number of hydrogen-bond acceptors (Lipinski definition) is 2. The first-order chi connectivity index (χ1) is 10.2. The first-order valence-corrected chi connectivity index (χ1v) is 6.83. The molecule has 21 heavy (non-hydrogen) atoms. The van der Waals surface area contributed by atoms with E-state index in [2.05, 4.69) is 0 Å². The van der Waals surface area contributed by atoms with Crippen molar-refractivity contribution in [2.24, 2.45) is 0 Å². The molecule has 2 aromatic carbocycles. The van der Waals surface area contributed by atoms with Gasteiger partial charge in [-0.25, -0.2) is 4.79 Å². The van der Waals surface area contributed by atoms with Gasteiger partial charge in [0.1, 0.15) is 11.9 Å². The highest BCUT2D eigenvalue weighted by molar-refractivity contribution is 5.85. The fourth-order valence-electron chi connectivity index (χ4n) is 1.95. The van der Waals surface area contributed by atoms with Crippen LogP contribution in [0.3, 0.4) is 0 Å². The first-order valence-electron chi connectivity index (χ1n) is 6.83. The fourth-order valence-corrected chi connectivity index (χ4v) is 1.95. The van der Waals surface area contributed by atoms with E-state index in [-0.39, 0.29) is 6.10 Å². The van der Waals surface area contributed by atoms with Gasteiger partial charge in [0.2, 0.25) is 0 Å². The summed E-state index contributed by atoms with van der Waals surface area (Å²) >= 11 is 0. The van der Waals surface area contributed by atoms with Crippen LogP contribution in [-0.4, -0.2) is 11.1 Å². The zero-order valence-electron chi connectivity index (χ0n) is 11.9. The largest absolute Gasteiger partial charge is 0.485 e. The molecule has 1 N–H and O–H groups in total. The van der Waals surface area contributed by atoms with Gasteiger partial charge in [-0.2, -0.15) is 0 Å². The average Bonchev–Trinajstić information content (AvgIpc) is 2.52. The second kappa shape index (κ2) is 7.29. The highest BCUT2D eigenvalue weighted by Crippen LogP contribution is 2.25. The molecule has 1 unspecified atom stereocenters. The molecule has 0 amide bonds. The van der Waals surface area contributed by atoms with Gasteiger partial charge in [0.15, 0.2) is 0 Å². The van der Waals surface area contributed by atoms with Gasteiger partial charge in [-0.3, -0.25) is 0 Å². The molecule has 3 heteroatoms. The van der Waals surface area contributed by atoms with Gasteiger partial charge in [0.05, 0.1) is 0 Å². The zero-order valence-corrected chi connectivity index (χ0v) is 11.9. The van der Waals surface area contributed by atoms with E-state index < -0.39 is 5.97 Å². The van der Waals surface area contributed by atoms with E-state index in [1.54, 1.807) is 13.0 Å². The van der Waals surface area contributed by atoms with Crippen LogP contribution in [0.15, 0.2) is 72.3 Å². The van der Waals surface area contributed by atoms with Crippen LogP contribution in [-0.2, 0) is 4.79 Å². The summed E-state index contributed by atoms with van der Waals surface area (Å²) in [6.45, 7) is 1.59. The summed E-state index contributed by atoms with van der Waals surface area (Å²) in [5.74, 6) is -0.130. The molecule has 0 spiro atoms. The quantitative estimate of drug-likeness (QED) is 0.807. The lowest BCUT2D eigenvalue weighted by Gasteiger charge is -2.18. The maximum absolute atomic E-state index is 10.9. The van der Waals surface area contributed by atoms with Crippen LogP contribution in [0.2, 0.25) is 0 Å². The summed E-state index contributed by atoms with van der Waals surface area (Å²) in [6, 6.07) is 19.4. The van der Waals surface area contributed by atoms with E-state index in [4.69, 9.17) is 9.84 Å². The van der Waals surface area contributed by atoms with Crippen molar-refractivity contribution in [1.82, 2.24) is 0 Å². The number of rotatable bonds is 6.